The quantitative estimate of drug-likeness (QED) is 0.848. The number of nitrogens with zero attached hydrogens (tertiary/aromatic N) is 3. The fraction of sp³-hybridized carbons (Fsp3) is 0.688. The van der Waals surface area contributed by atoms with Crippen LogP contribution in [0.4, 0.5) is 0 Å². The van der Waals surface area contributed by atoms with Crippen LogP contribution in [0.5, 0.6) is 0 Å². The van der Waals surface area contributed by atoms with Crippen LogP contribution in [0.2, 0.25) is 0 Å². The van der Waals surface area contributed by atoms with Crippen molar-refractivity contribution in [2.24, 2.45) is 23.7 Å². The van der Waals surface area contributed by atoms with E-state index in [1.807, 2.05) is 15.7 Å². The van der Waals surface area contributed by atoms with Crippen LogP contribution >= 0.6 is 0 Å². The van der Waals surface area contributed by atoms with Gasteiger partial charge in [0.2, 0.25) is 0 Å². The Morgan fingerprint density at radius 2 is 1.90 bits per heavy atom. The molecule has 5 heteroatoms. The van der Waals surface area contributed by atoms with Crippen molar-refractivity contribution in [3.8, 4) is 0 Å². The van der Waals surface area contributed by atoms with Gasteiger partial charge in [0.1, 0.15) is 11.5 Å². The number of rotatable bonds is 4. The molecule has 1 aromatic rings. The Morgan fingerprint density at radius 1 is 1.24 bits per heavy atom. The first-order chi connectivity index (χ1) is 10.1. The largest absolute Gasteiger partial charge is 0.337 e. The summed E-state index contributed by atoms with van der Waals surface area (Å²) in [7, 11) is 0. The Bertz CT molecular complexity index is 590. The van der Waals surface area contributed by atoms with Crippen LogP contribution in [0, 0.1) is 23.7 Å². The lowest BCUT2D eigenvalue weighted by atomic mass is 10.1. The van der Waals surface area contributed by atoms with E-state index in [9.17, 15) is 9.59 Å². The van der Waals surface area contributed by atoms with Crippen LogP contribution in [0.25, 0.3) is 0 Å². The molecule has 0 N–H and O–H groups in total. The van der Waals surface area contributed by atoms with E-state index in [4.69, 9.17) is 0 Å². The van der Waals surface area contributed by atoms with Crippen molar-refractivity contribution in [1.82, 2.24) is 14.5 Å². The maximum atomic E-state index is 12.4. The zero-order valence-corrected chi connectivity index (χ0v) is 12.5. The summed E-state index contributed by atoms with van der Waals surface area (Å²) in [6, 6.07) is 0.312. The number of carbonyl (C=O) groups is 2. The van der Waals surface area contributed by atoms with Gasteiger partial charge in [-0.1, -0.05) is 0 Å². The zero-order chi connectivity index (χ0) is 14.7. The predicted octanol–water partition coefficient (Wildman–Crippen LogP) is 1.76. The standard InChI is InChI=1S/C16H21N3O2/c1-9(2)19-7-13(17-8-19)16(21)18-5-11-12(6-18)14(11)15(20)10-3-4-10/h7-12,14H,3-6H2,1-2H3. The molecule has 1 amide bonds. The Labute approximate surface area is 124 Å². The van der Waals surface area contributed by atoms with E-state index in [1.54, 1.807) is 6.33 Å². The van der Waals surface area contributed by atoms with Gasteiger partial charge in [0.25, 0.3) is 5.91 Å². The minimum atomic E-state index is 0.0132. The summed E-state index contributed by atoms with van der Waals surface area (Å²) in [5, 5.41) is 0. The van der Waals surface area contributed by atoms with E-state index in [0.29, 0.717) is 35.3 Å². The van der Waals surface area contributed by atoms with Crippen LogP contribution in [0.15, 0.2) is 12.5 Å². The second kappa shape index (κ2) is 4.42. The highest BCUT2D eigenvalue weighted by Crippen LogP contribution is 2.55. The molecule has 1 aliphatic heterocycles. The van der Waals surface area contributed by atoms with Gasteiger partial charge in [0.05, 0.1) is 6.33 Å². The first kappa shape index (κ1) is 13.0. The van der Waals surface area contributed by atoms with Crippen molar-refractivity contribution >= 4 is 11.7 Å². The number of hydrogen-bond acceptors (Lipinski definition) is 3. The van der Waals surface area contributed by atoms with Crippen LogP contribution in [-0.4, -0.2) is 39.2 Å². The Kier molecular flexibility index (Phi) is 2.75. The highest BCUT2D eigenvalue weighted by molar-refractivity contribution is 5.93. The molecule has 0 spiro atoms. The summed E-state index contributed by atoms with van der Waals surface area (Å²) in [6.45, 7) is 5.60. The summed E-state index contributed by atoms with van der Waals surface area (Å²) in [6.07, 6.45) is 5.71. The van der Waals surface area contributed by atoms with Gasteiger partial charge in [0, 0.05) is 37.2 Å². The van der Waals surface area contributed by atoms with Crippen molar-refractivity contribution in [3.05, 3.63) is 18.2 Å². The third-order valence-electron chi connectivity index (χ3n) is 5.21. The Morgan fingerprint density at radius 3 is 2.43 bits per heavy atom. The molecule has 112 valence electrons. The van der Waals surface area contributed by atoms with Gasteiger partial charge in [0.15, 0.2) is 0 Å². The lowest BCUT2D eigenvalue weighted by molar-refractivity contribution is -0.122. The minimum Gasteiger partial charge on any atom is -0.337 e. The predicted molar refractivity (Wildman–Crippen MR) is 76.7 cm³/mol. The van der Waals surface area contributed by atoms with Gasteiger partial charge in [-0.3, -0.25) is 9.59 Å². The molecule has 2 saturated carbocycles. The van der Waals surface area contributed by atoms with Gasteiger partial charge >= 0.3 is 0 Å². The molecule has 2 atom stereocenters. The normalized spacial score (nSPS) is 30.6. The molecular formula is C16H21N3O2. The first-order valence-corrected chi connectivity index (χ1v) is 7.92. The summed E-state index contributed by atoms with van der Waals surface area (Å²) in [5.74, 6) is 1.95. The number of carbonyl (C=O) groups excluding carboxylic acids is 2. The van der Waals surface area contributed by atoms with E-state index >= 15 is 0 Å². The number of imidazole rings is 1. The number of aromatic nitrogens is 2. The van der Waals surface area contributed by atoms with Crippen LogP contribution < -0.4 is 0 Å². The number of likely N-dealkylation sites (tertiary alicyclic amines) is 1. The maximum absolute atomic E-state index is 12.4. The molecule has 21 heavy (non-hydrogen) atoms. The van der Waals surface area contributed by atoms with Crippen molar-refractivity contribution in [2.45, 2.75) is 32.7 Å². The number of amides is 1. The molecule has 0 bridgehead atoms. The van der Waals surface area contributed by atoms with Gasteiger partial charge in [-0.05, 0) is 38.5 Å². The van der Waals surface area contributed by atoms with Crippen LogP contribution in [0.1, 0.15) is 43.2 Å². The van der Waals surface area contributed by atoms with E-state index in [0.717, 1.165) is 25.9 Å². The molecule has 2 unspecified atom stereocenters. The second-order valence-electron chi connectivity index (χ2n) is 7.04. The lowest BCUT2D eigenvalue weighted by Gasteiger charge is -2.18. The number of hydrogen-bond donors (Lipinski definition) is 0. The molecule has 3 aliphatic rings. The van der Waals surface area contributed by atoms with Crippen LogP contribution in [0.3, 0.4) is 0 Å². The summed E-state index contributed by atoms with van der Waals surface area (Å²) in [4.78, 5) is 30.6. The van der Waals surface area contributed by atoms with Gasteiger partial charge < -0.3 is 9.47 Å². The van der Waals surface area contributed by atoms with Gasteiger partial charge in [-0.15, -0.1) is 0 Å². The van der Waals surface area contributed by atoms with Crippen molar-refractivity contribution in [2.75, 3.05) is 13.1 Å². The third-order valence-corrected chi connectivity index (χ3v) is 5.21. The van der Waals surface area contributed by atoms with E-state index in [-0.39, 0.29) is 11.8 Å². The molecule has 0 radical (unpaired) electrons. The molecule has 4 rings (SSSR count). The molecule has 2 heterocycles. The van der Waals surface area contributed by atoms with Crippen molar-refractivity contribution in [1.29, 1.82) is 0 Å². The van der Waals surface area contributed by atoms with Gasteiger partial charge in [-0.25, -0.2) is 4.98 Å². The number of piperidine rings is 1. The first-order valence-electron chi connectivity index (χ1n) is 7.92. The summed E-state index contributed by atoms with van der Waals surface area (Å²) in [5.41, 5.74) is 0.523. The zero-order valence-electron chi connectivity index (χ0n) is 12.5. The number of fused-ring (bicyclic) bond motifs is 1. The molecule has 1 saturated heterocycles. The highest BCUT2D eigenvalue weighted by atomic mass is 16.2. The Hall–Kier alpha value is -1.65. The number of ketones is 1. The Balaban J connectivity index is 1.38. The lowest BCUT2D eigenvalue weighted by Crippen LogP contribution is -2.33. The number of Topliss-reactive ketones (excluding diaryl/α,β-unsaturated/α-hetero) is 1. The topological polar surface area (TPSA) is 55.2 Å². The monoisotopic (exact) mass is 287 g/mol. The van der Waals surface area contributed by atoms with Crippen LogP contribution in [-0.2, 0) is 4.79 Å². The van der Waals surface area contributed by atoms with Gasteiger partial charge in [-0.2, -0.15) is 0 Å². The van der Waals surface area contributed by atoms with E-state index in [1.165, 1.54) is 0 Å². The molecule has 5 nitrogen and oxygen atoms in total. The molecule has 0 aromatic carbocycles. The fourth-order valence-electron chi connectivity index (χ4n) is 3.65. The van der Waals surface area contributed by atoms with Crippen molar-refractivity contribution in [3.63, 3.8) is 0 Å². The molecule has 2 aliphatic carbocycles. The maximum Gasteiger partial charge on any atom is 0.274 e. The molecular weight excluding hydrogens is 266 g/mol. The minimum absolute atomic E-state index is 0.0132. The second-order valence-corrected chi connectivity index (χ2v) is 7.04. The SMILES string of the molecule is CC(C)n1cnc(C(=O)N2CC3C(C2)C3C(=O)C2CC2)c1. The van der Waals surface area contributed by atoms with Crippen molar-refractivity contribution < 1.29 is 9.59 Å². The van der Waals surface area contributed by atoms with E-state index < -0.39 is 0 Å². The molecule has 3 fully saturated rings. The highest BCUT2D eigenvalue weighted by Gasteiger charge is 2.61. The van der Waals surface area contributed by atoms with E-state index in [2.05, 4.69) is 18.8 Å². The third kappa shape index (κ3) is 2.10. The fourth-order valence-corrected chi connectivity index (χ4v) is 3.65. The summed E-state index contributed by atoms with van der Waals surface area (Å²) < 4.78 is 1.95. The average molecular weight is 287 g/mol. The smallest absolute Gasteiger partial charge is 0.274 e. The molecule has 1 aromatic heterocycles. The summed E-state index contributed by atoms with van der Waals surface area (Å²) >= 11 is 0. The average Bonchev–Trinajstić information content (AvgIpc) is 3.32.